The fraction of sp³-hybridized carbons (Fsp3) is 1.00. The Morgan fingerprint density at radius 2 is 2.12 bits per heavy atom. The molecule has 1 atom stereocenters. The molecule has 0 heterocycles. The average Bonchev–Trinajstić information content (AvgIpc) is 2.25. The largest absolute Gasteiger partial charge is 0.394 e. The van der Waals surface area contributed by atoms with Gasteiger partial charge in [0.2, 0.25) is 0 Å². The fourth-order valence-electron chi connectivity index (χ4n) is 2.49. The minimum Gasteiger partial charge on any atom is -0.394 e. The quantitative estimate of drug-likeness (QED) is 0.656. The van der Waals surface area contributed by atoms with Gasteiger partial charge in [-0.1, -0.05) is 26.7 Å². The van der Waals surface area contributed by atoms with Gasteiger partial charge < -0.3 is 15.2 Å². The van der Waals surface area contributed by atoms with Gasteiger partial charge in [0.15, 0.2) is 0 Å². The molecule has 1 rings (SSSR count). The summed E-state index contributed by atoms with van der Waals surface area (Å²) in [5.41, 5.74) is 0.449. The van der Waals surface area contributed by atoms with Gasteiger partial charge in [-0.05, 0) is 31.2 Å². The third-order valence-electron chi connectivity index (χ3n) is 3.60. The van der Waals surface area contributed by atoms with E-state index in [9.17, 15) is 0 Å². The van der Waals surface area contributed by atoms with E-state index in [0.717, 1.165) is 19.6 Å². The molecule has 1 saturated carbocycles. The van der Waals surface area contributed by atoms with Crippen molar-refractivity contribution in [1.29, 1.82) is 0 Å². The van der Waals surface area contributed by atoms with Crippen LogP contribution in [0, 0.1) is 5.41 Å². The second-order valence-corrected chi connectivity index (χ2v) is 5.43. The van der Waals surface area contributed by atoms with Gasteiger partial charge in [0.05, 0.1) is 13.2 Å². The van der Waals surface area contributed by atoms with E-state index < -0.39 is 0 Å². The highest BCUT2D eigenvalue weighted by Gasteiger charge is 2.31. The Kier molecular flexibility index (Phi) is 6.32. The summed E-state index contributed by atoms with van der Waals surface area (Å²) in [7, 11) is 0. The molecule has 3 heteroatoms. The SMILES string of the molecule is CC1(C)CCCCC1NCCCOCCO. The van der Waals surface area contributed by atoms with E-state index in [1.807, 2.05) is 0 Å². The summed E-state index contributed by atoms with van der Waals surface area (Å²) < 4.78 is 5.23. The van der Waals surface area contributed by atoms with Crippen LogP contribution in [-0.4, -0.2) is 37.5 Å². The molecule has 0 aromatic heterocycles. The molecule has 1 unspecified atom stereocenters. The molecule has 1 aliphatic rings. The molecule has 2 N–H and O–H groups in total. The van der Waals surface area contributed by atoms with E-state index in [2.05, 4.69) is 19.2 Å². The molecule has 1 aliphatic carbocycles. The van der Waals surface area contributed by atoms with Crippen LogP contribution in [0.2, 0.25) is 0 Å². The maximum absolute atomic E-state index is 8.55. The van der Waals surface area contributed by atoms with Crippen LogP contribution < -0.4 is 5.32 Å². The molecule has 16 heavy (non-hydrogen) atoms. The summed E-state index contributed by atoms with van der Waals surface area (Å²) in [4.78, 5) is 0. The van der Waals surface area contributed by atoms with Crippen molar-refractivity contribution < 1.29 is 9.84 Å². The normalized spacial score (nSPS) is 24.6. The minimum absolute atomic E-state index is 0.128. The van der Waals surface area contributed by atoms with Crippen LogP contribution >= 0.6 is 0 Å². The van der Waals surface area contributed by atoms with Crippen molar-refractivity contribution in [2.75, 3.05) is 26.4 Å². The summed E-state index contributed by atoms with van der Waals surface area (Å²) in [6.07, 6.45) is 6.43. The van der Waals surface area contributed by atoms with Crippen LogP contribution in [0.25, 0.3) is 0 Å². The molecule has 0 aliphatic heterocycles. The molecule has 0 aromatic rings. The van der Waals surface area contributed by atoms with Crippen LogP contribution in [0.15, 0.2) is 0 Å². The van der Waals surface area contributed by atoms with E-state index in [0.29, 0.717) is 18.1 Å². The first-order valence-electron chi connectivity index (χ1n) is 6.59. The van der Waals surface area contributed by atoms with Gasteiger partial charge in [0.25, 0.3) is 0 Å². The summed E-state index contributed by atoms with van der Waals surface area (Å²) >= 11 is 0. The second-order valence-electron chi connectivity index (χ2n) is 5.43. The summed E-state index contributed by atoms with van der Waals surface area (Å²) in [6, 6.07) is 0.666. The van der Waals surface area contributed by atoms with E-state index in [4.69, 9.17) is 9.84 Å². The minimum atomic E-state index is 0.128. The van der Waals surface area contributed by atoms with E-state index in [-0.39, 0.29) is 6.61 Å². The van der Waals surface area contributed by atoms with Crippen LogP contribution in [0.1, 0.15) is 46.0 Å². The van der Waals surface area contributed by atoms with Crippen molar-refractivity contribution in [1.82, 2.24) is 5.32 Å². The Morgan fingerprint density at radius 1 is 1.31 bits per heavy atom. The number of nitrogens with one attached hydrogen (secondary N) is 1. The predicted molar refractivity (Wildman–Crippen MR) is 66.6 cm³/mol. The molecule has 96 valence electrons. The second kappa shape index (κ2) is 7.25. The number of aliphatic hydroxyl groups is 1. The smallest absolute Gasteiger partial charge is 0.0697 e. The Balaban J connectivity index is 2.07. The average molecular weight is 229 g/mol. The molecule has 0 bridgehead atoms. The third-order valence-corrected chi connectivity index (χ3v) is 3.60. The van der Waals surface area contributed by atoms with Gasteiger partial charge >= 0.3 is 0 Å². The van der Waals surface area contributed by atoms with E-state index in [1.54, 1.807) is 0 Å². The topological polar surface area (TPSA) is 41.5 Å². The maximum atomic E-state index is 8.55. The van der Waals surface area contributed by atoms with Crippen molar-refractivity contribution in [2.45, 2.75) is 52.0 Å². The zero-order chi connectivity index (χ0) is 11.9. The van der Waals surface area contributed by atoms with Crippen LogP contribution in [0.4, 0.5) is 0 Å². The van der Waals surface area contributed by atoms with Crippen molar-refractivity contribution in [3.05, 3.63) is 0 Å². The van der Waals surface area contributed by atoms with Gasteiger partial charge in [-0.25, -0.2) is 0 Å². The molecule has 0 saturated heterocycles. The molecular weight excluding hydrogens is 202 g/mol. The van der Waals surface area contributed by atoms with Crippen LogP contribution in [0.3, 0.4) is 0 Å². The van der Waals surface area contributed by atoms with Gasteiger partial charge in [-0.2, -0.15) is 0 Å². The van der Waals surface area contributed by atoms with Gasteiger partial charge in [0, 0.05) is 12.6 Å². The first-order valence-corrected chi connectivity index (χ1v) is 6.59. The van der Waals surface area contributed by atoms with Crippen molar-refractivity contribution >= 4 is 0 Å². The lowest BCUT2D eigenvalue weighted by molar-refractivity contribution is 0.0881. The van der Waals surface area contributed by atoms with Crippen molar-refractivity contribution in [2.24, 2.45) is 5.41 Å². The summed E-state index contributed by atoms with van der Waals surface area (Å²) in [5.74, 6) is 0. The van der Waals surface area contributed by atoms with E-state index >= 15 is 0 Å². The Morgan fingerprint density at radius 3 is 2.81 bits per heavy atom. The number of rotatable bonds is 7. The lowest BCUT2D eigenvalue weighted by Gasteiger charge is -2.39. The lowest BCUT2D eigenvalue weighted by Crippen LogP contribution is -2.44. The van der Waals surface area contributed by atoms with Crippen molar-refractivity contribution in [3.8, 4) is 0 Å². The highest BCUT2D eigenvalue weighted by atomic mass is 16.5. The number of ether oxygens (including phenoxy) is 1. The zero-order valence-electron chi connectivity index (χ0n) is 10.8. The lowest BCUT2D eigenvalue weighted by atomic mass is 9.73. The first kappa shape index (κ1) is 13.9. The zero-order valence-corrected chi connectivity index (χ0v) is 10.8. The molecule has 1 fully saturated rings. The Bertz CT molecular complexity index is 183. The molecule has 0 radical (unpaired) electrons. The van der Waals surface area contributed by atoms with Crippen LogP contribution in [-0.2, 0) is 4.74 Å². The van der Waals surface area contributed by atoms with Gasteiger partial charge in [-0.15, -0.1) is 0 Å². The standard InChI is InChI=1S/C13H27NO2/c1-13(2)7-4-3-6-12(13)14-8-5-10-16-11-9-15/h12,14-15H,3-11H2,1-2H3. The Labute approximate surface area is 99.6 Å². The molecule has 3 nitrogen and oxygen atoms in total. The molecule has 0 aromatic carbocycles. The fourth-order valence-corrected chi connectivity index (χ4v) is 2.49. The highest BCUT2D eigenvalue weighted by molar-refractivity contribution is 4.87. The predicted octanol–water partition coefficient (Wildman–Crippen LogP) is 1.94. The monoisotopic (exact) mass is 229 g/mol. The molecular formula is C13H27NO2. The maximum Gasteiger partial charge on any atom is 0.0697 e. The highest BCUT2D eigenvalue weighted by Crippen LogP contribution is 2.35. The first-order chi connectivity index (χ1) is 7.67. The third kappa shape index (κ3) is 4.81. The van der Waals surface area contributed by atoms with Crippen molar-refractivity contribution in [3.63, 3.8) is 0 Å². The molecule has 0 spiro atoms. The number of hydrogen-bond acceptors (Lipinski definition) is 3. The van der Waals surface area contributed by atoms with Crippen LogP contribution in [0.5, 0.6) is 0 Å². The van der Waals surface area contributed by atoms with Gasteiger partial charge in [0.1, 0.15) is 0 Å². The Hall–Kier alpha value is -0.120. The van der Waals surface area contributed by atoms with E-state index in [1.165, 1.54) is 25.7 Å². The summed E-state index contributed by atoms with van der Waals surface area (Å²) in [6.45, 7) is 7.11. The number of aliphatic hydroxyl groups excluding tert-OH is 1. The van der Waals surface area contributed by atoms with Gasteiger partial charge in [-0.3, -0.25) is 0 Å². The number of hydrogen-bond donors (Lipinski definition) is 2. The summed E-state index contributed by atoms with van der Waals surface area (Å²) in [5, 5.41) is 12.2. The molecule has 0 amide bonds.